The van der Waals surface area contributed by atoms with Crippen molar-refractivity contribution in [3.05, 3.63) is 70.6 Å². The first-order chi connectivity index (χ1) is 17.4. The molecule has 0 bridgehead atoms. The lowest BCUT2D eigenvalue weighted by atomic mass is 10.1. The fraction of sp³-hybridized carbons (Fsp3) is 0.269. The zero-order chi connectivity index (χ0) is 25.7. The second-order valence-electron chi connectivity index (χ2n) is 8.40. The van der Waals surface area contributed by atoms with Crippen LogP contribution < -0.4 is 10.2 Å². The van der Waals surface area contributed by atoms with Gasteiger partial charge in [-0.3, -0.25) is 29.0 Å². The molecule has 2 N–H and O–H groups in total. The van der Waals surface area contributed by atoms with E-state index in [0.717, 1.165) is 17.3 Å². The summed E-state index contributed by atoms with van der Waals surface area (Å²) < 4.78 is 0.366. The van der Waals surface area contributed by atoms with Crippen LogP contribution in [0.1, 0.15) is 36.8 Å². The van der Waals surface area contributed by atoms with E-state index in [2.05, 4.69) is 5.32 Å². The number of carboxylic acids is 1. The minimum Gasteiger partial charge on any atom is -0.481 e. The maximum atomic E-state index is 13.5. The van der Waals surface area contributed by atoms with Crippen molar-refractivity contribution >= 4 is 63.3 Å². The lowest BCUT2D eigenvalue weighted by molar-refractivity contribution is -0.137. The Morgan fingerprint density at radius 1 is 0.917 bits per heavy atom. The number of nitrogens with zero attached hydrogens (tertiary/aromatic N) is 2. The Labute approximate surface area is 218 Å². The molecule has 36 heavy (non-hydrogen) atoms. The summed E-state index contributed by atoms with van der Waals surface area (Å²) in [6, 6.07) is 16.6. The third kappa shape index (κ3) is 5.66. The Morgan fingerprint density at radius 3 is 2.39 bits per heavy atom. The molecule has 2 aromatic rings. The molecule has 1 saturated heterocycles. The van der Waals surface area contributed by atoms with Crippen LogP contribution in [0.4, 0.5) is 5.69 Å². The number of anilines is 1. The molecular formula is C26H25N3O5S2. The number of unbranched alkanes of at least 4 members (excludes halogenated alkanes) is 2. The molecule has 1 fully saturated rings. The number of hydrogen-bond acceptors (Lipinski definition) is 6. The molecule has 0 radical (unpaired) electrons. The Balaban J connectivity index is 1.48. The number of benzene rings is 2. The van der Waals surface area contributed by atoms with Crippen LogP contribution >= 0.6 is 24.0 Å². The minimum atomic E-state index is -0.845. The SMILES string of the molecule is O=C(O)CCCCCN1C(=O)C(=C2C(=O)N(CC(=O)NCc3ccccc3)c3ccccc32)SC1=S. The summed E-state index contributed by atoms with van der Waals surface area (Å²) in [5.74, 6) is -1.90. The number of carbonyl (C=O) groups is 4. The van der Waals surface area contributed by atoms with Crippen molar-refractivity contribution < 1.29 is 24.3 Å². The zero-order valence-corrected chi connectivity index (χ0v) is 21.1. The standard InChI is InChI=1S/C26H25N3O5S2/c30-20(27-15-17-9-3-1-4-10-17)16-29-19-12-7-6-11-18(19)22(24(29)33)23-25(34)28(26(35)36-23)14-8-2-5-13-21(31)32/h1,3-4,6-7,9-12H,2,5,8,13-16H2,(H,27,30)(H,31,32). The highest BCUT2D eigenvalue weighted by Crippen LogP contribution is 2.44. The molecule has 2 aliphatic heterocycles. The molecule has 8 nitrogen and oxygen atoms in total. The van der Waals surface area contributed by atoms with Gasteiger partial charge in [0.05, 0.1) is 16.2 Å². The summed E-state index contributed by atoms with van der Waals surface area (Å²) in [5.41, 5.74) is 2.38. The van der Waals surface area contributed by atoms with Gasteiger partial charge in [-0.2, -0.15) is 0 Å². The smallest absolute Gasteiger partial charge is 0.303 e. The van der Waals surface area contributed by atoms with E-state index in [1.807, 2.05) is 30.3 Å². The predicted octanol–water partition coefficient (Wildman–Crippen LogP) is 3.57. The predicted molar refractivity (Wildman–Crippen MR) is 142 cm³/mol. The Hall–Kier alpha value is -3.50. The van der Waals surface area contributed by atoms with Gasteiger partial charge in [-0.25, -0.2) is 0 Å². The summed E-state index contributed by atoms with van der Waals surface area (Å²) in [7, 11) is 0. The highest BCUT2D eigenvalue weighted by atomic mass is 32.2. The molecule has 186 valence electrons. The van der Waals surface area contributed by atoms with Crippen molar-refractivity contribution in [2.75, 3.05) is 18.0 Å². The second kappa shape index (κ2) is 11.5. The number of nitrogens with one attached hydrogen (secondary N) is 1. The molecule has 0 saturated carbocycles. The molecule has 0 spiro atoms. The summed E-state index contributed by atoms with van der Waals surface area (Å²) in [4.78, 5) is 53.2. The first kappa shape index (κ1) is 25.6. The van der Waals surface area contributed by atoms with Crippen molar-refractivity contribution in [2.24, 2.45) is 0 Å². The maximum absolute atomic E-state index is 13.5. The van der Waals surface area contributed by atoms with Crippen molar-refractivity contribution in [3.8, 4) is 0 Å². The largest absolute Gasteiger partial charge is 0.481 e. The van der Waals surface area contributed by atoms with Crippen molar-refractivity contribution in [1.82, 2.24) is 10.2 Å². The van der Waals surface area contributed by atoms with Crippen molar-refractivity contribution in [1.29, 1.82) is 0 Å². The van der Waals surface area contributed by atoms with Gasteiger partial charge in [0.1, 0.15) is 10.9 Å². The van der Waals surface area contributed by atoms with E-state index in [1.54, 1.807) is 24.3 Å². The van der Waals surface area contributed by atoms with E-state index in [1.165, 1.54) is 9.80 Å². The molecule has 10 heteroatoms. The summed E-state index contributed by atoms with van der Waals surface area (Å²) in [6.45, 7) is 0.542. The molecule has 0 aromatic heterocycles. The number of thiocarbonyl (C=S) groups is 1. The number of rotatable bonds is 10. The van der Waals surface area contributed by atoms with Crippen LogP contribution in [0, 0.1) is 0 Å². The van der Waals surface area contributed by atoms with E-state index in [4.69, 9.17) is 17.3 Å². The molecule has 0 atom stereocenters. The number of hydrogen-bond donors (Lipinski definition) is 2. The highest BCUT2D eigenvalue weighted by Gasteiger charge is 2.42. The minimum absolute atomic E-state index is 0.0858. The molecule has 2 heterocycles. The third-order valence-electron chi connectivity index (χ3n) is 5.91. The van der Waals surface area contributed by atoms with E-state index < -0.39 is 11.9 Å². The van der Waals surface area contributed by atoms with Crippen LogP contribution in [-0.4, -0.2) is 51.1 Å². The number of fused-ring (bicyclic) bond motifs is 1. The first-order valence-electron chi connectivity index (χ1n) is 11.6. The van der Waals surface area contributed by atoms with Crippen LogP contribution in [0.3, 0.4) is 0 Å². The number of aliphatic carboxylic acids is 1. The van der Waals surface area contributed by atoms with E-state index in [9.17, 15) is 19.2 Å². The van der Waals surface area contributed by atoms with Gasteiger partial charge in [-0.1, -0.05) is 78.9 Å². The molecule has 2 aliphatic rings. The monoisotopic (exact) mass is 523 g/mol. The Kier molecular flexibility index (Phi) is 8.17. The van der Waals surface area contributed by atoms with Crippen molar-refractivity contribution in [3.63, 3.8) is 0 Å². The Morgan fingerprint density at radius 2 is 1.64 bits per heavy atom. The van der Waals surface area contributed by atoms with Crippen LogP contribution in [0.15, 0.2) is 59.5 Å². The van der Waals surface area contributed by atoms with Crippen LogP contribution in [0.5, 0.6) is 0 Å². The summed E-state index contributed by atoms with van der Waals surface area (Å²) >= 11 is 6.51. The van der Waals surface area contributed by atoms with E-state index in [-0.39, 0.29) is 35.3 Å². The Bertz CT molecular complexity index is 1250. The number of carboxylic acid groups (broad SMARTS) is 1. The van der Waals surface area contributed by atoms with Gasteiger partial charge >= 0.3 is 5.97 Å². The van der Waals surface area contributed by atoms with Gasteiger partial charge in [-0.15, -0.1) is 0 Å². The highest BCUT2D eigenvalue weighted by molar-refractivity contribution is 8.26. The maximum Gasteiger partial charge on any atom is 0.303 e. The molecule has 0 aliphatic carbocycles. The van der Waals surface area contributed by atoms with Gasteiger partial charge in [0, 0.05) is 25.1 Å². The summed E-state index contributed by atoms with van der Waals surface area (Å²) in [6.07, 6.45) is 1.88. The topological polar surface area (TPSA) is 107 Å². The lowest BCUT2D eigenvalue weighted by Crippen LogP contribution is -2.38. The number of amides is 3. The fourth-order valence-electron chi connectivity index (χ4n) is 4.12. The van der Waals surface area contributed by atoms with Crippen LogP contribution in [0.25, 0.3) is 5.57 Å². The van der Waals surface area contributed by atoms with Gasteiger partial charge in [0.15, 0.2) is 0 Å². The van der Waals surface area contributed by atoms with Crippen LogP contribution in [0.2, 0.25) is 0 Å². The number of carbonyl (C=O) groups excluding carboxylic acids is 3. The molecule has 2 aromatic carbocycles. The average molecular weight is 524 g/mol. The van der Waals surface area contributed by atoms with E-state index in [0.29, 0.717) is 47.9 Å². The second-order valence-corrected chi connectivity index (χ2v) is 10.0. The van der Waals surface area contributed by atoms with Gasteiger partial charge < -0.3 is 10.4 Å². The van der Waals surface area contributed by atoms with Crippen LogP contribution in [-0.2, 0) is 25.7 Å². The number of para-hydroxylation sites is 1. The lowest BCUT2D eigenvalue weighted by Gasteiger charge is -2.17. The normalized spacial score (nSPS) is 17.1. The van der Waals surface area contributed by atoms with E-state index >= 15 is 0 Å². The first-order valence-corrected chi connectivity index (χ1v) is 12.8. The number of thioether (sulfide) groups is 1. The average Bonchev–Trinajstić information content (AvgIpc) is 3.30. The molecule has 3 amide bonds. The molecular weight excluding hydrogens is 498 g/mol. The molecule has 0 unspecified atom stereocenters. The van der Waals surface area contributed by atoms with Gasteiger partial charge in [0.2, 0.25) is 5.91 Å². The quantitative estimate of drug-likeness (QED) is 0.279. The van der Waals surface area contributed by atoms with Crippen molar-refractivity contribution in [2.45, 2.75) is 32.2 Å². The fourth-order valence-corrected chi connectivity index (χ4v) is 5.50. The zero-order valence-electron chi connectivity index (χ0n) is 19.4. The van der Waals surface area contributed by atoms with Gasteiger partial charge in [0.25, 0.3) is 11.8 Å². The van der Waals surface area contributed by atoms with Gasteiger partial charge in [-0.05, 0) is 24.5 Å². The summed E-state index contributed by atoms with van der Waals surface area (Å²) in [5, 5.41) is 11.6. The molecule has 4 rings (SSSR count). The third-order valence-corrected chi connectivity index (χ3v) is 7.35.